The molecule has 0 aliphatic rings. The summed E-state index contributed by atoms with van der Waals surface area (Å²) in [6, 6.07) is 10.1. The van der Waals surface area contributed by atoms with E-state index in [-0.39, 0.29) is 0 Å². The highest BCUT2D eigenvalue weighted by molar-refractivity contribution is 5.83. The third kappa shape index (κ3) is 1.92. The number of aryl methyl sites for hydroxylation is 1. The zero-order chi connectivity index (χ0) is 15.1. The van der Waals surface area contributed by atoms with Crippen molar-refractivity contribution in [2.24, 2.45) is 0 Å². The number of fused-ring (bicyclic) bond motifs is 2. The number of anilines is 1. The molecular formula is C16H16N6. The molecule has 2 N–H and O–H groups in total. The lowest BCUT2D eigenvalue weighted by atomic mass is 10.2. The molecule has 0 radical (unpaired) electrons. The predicted molar refractivity (Wildman–Crippen MR) is 87.4 cm³/mol. The van der Waals surface area contributed by atoms with E-state index >= 15 is 0 Å². The van der Waals surface area contributed by atoms with E-state index in [2.05, 4.69) is 43.0 Å². The van der Waals surface area contributed by atoms with Crippen LogP contribution in [0.1, 0.15) is 12.6 Å². The number of hydrogen-bond donors (Lipinski definition) is 2. The van der Waals surface area contributed by atoms with Crippen molar-refractivity contribution in [1.82, 2.24) is 24.7 Å². The first kappa shape index (κ1) is 12.8. The average Bonchev–Trinajstić information content (AvgIpc) is 3.10. The first-order chi connectivity index (χ1) is 10.8. The second kappa shape index (κ2) is 4.84. The van der Waals surface area contributed by atoms with E-state index in [9.17, 15) is 0 Å². The molecule has 110 valence electrons. The molecule has 0 spiro atoms. The normalized spacial score (nSPS) is 11.4. The van der Waals surface area contributed by atoms with Gasteiger partial charge in [-0.05, 0) is 44.2 Å². The number of nitrogens with zero attached hydrogens (tertiary/aromatic N) is 4. The number of aromatic amines is 1. The van der Waals surface area contributed by atoms with Crippen LogP contribution in [-0.4, -0.2) is 31.3 Å². The highest BCUT2D eigenvalue weighted by Crippen LogP contribution is 2.25. The number of imidazole rings is 1. The third-order valence-electron chi connectivity index (χ3n) is 3.66. The summed E-state index contributed by atoms with van der Waals surface area (Å²) in [5, 5.41) is 11.4. The van der Waals surface area contributed by atoms with Crippen LogP contribution in [0.5, 0.6) is 0 Å². The van der Waals surface area contributed by atoms with Crippen molar-refractivity contribution < 1.29 is 0 Å². The van der Waals surface area contributed by atoms with Crippen LogP contribution in [0.3, 0.4) is 0 Å². The molecule has 0 amide bonds. The smallest absolute Gasteiger partial charge is 0.209 e. The Labute approximate surface area is 127 Å². The zero-order valence-electron chi connectivity index (χ0n) is 12.5. The number of pyridine rings is 1. The Bertz CT molecular complexity index is 965. The fourth-order valence-electron chi connectivity index (χ4n) is 2.64. The number of hydrogen-bond acceptors (Lipinski definition) is 4. The Morgan fingerprint density at radius 3 is 2.95 bits per heavy atom. The molecule has 0 unspecified atom stereocenters. The Balaban J connectivity index is 2.01. The zero-order valence-corrected chi connectivity index (χ0v) is 12.5. The molecule has 22 heavy (non-hydrogen) atoms. The summed E-state index contributed by atoms with van der Waals surface area (Å²) in [4.78, 5) is 9.31. The van der Waals surface area contributed by atoms with E-state index in [4.69, 9.17) is 0 Å². The predicted octanol–water partition coefficient (Wildman–Crippen LogP) is 3.04. The van der Waals surface area contributed by atoms with Crippen LogP contribution in [0.15, 0.2) is 36.5 Å². The lowest BCUT2D eigenvalue weighted by Gasteiger charge is -2.09. The molecule has 0 saturated carbocycles. The SMILES string of the molecule is CCNc1nc2ccc(C)nc2n1-c1ccc2[nH]ncc2c1. The molecule has 6 heteroatoms. The molecule has 0 aliphatic heterocycles. The maximum atomic E-state index is 4.66. The molecule has 0 atom stereocenters. The largest absolute Gasteiger partial charge is 0.356 e. The van der Waals surface area contributed by atoms with E-state index in [1.165, 1.54) is 0 Å². The first-order valence-electron chi connectivity index (χ1n) is 7.30. The topological polar surface area (TPSA) is 71.4 Å². The van der Waals surface area contributed by atoms with Gasteiger partial charge in [0, 0.05) is 17.6 Å². The summed E-state index contributed by atoms with van der Waals surface area (Å²) >= 11 is 0. The van der Waals surface area contributed by atoms with Crippen LogP contribution in [0.2, 0.25) is 0 Å². The fourth-order valence-corrected chi connectivity index (χ4v) is 2.64. The maximum absolute atomic E-state index is 4.66. The van der Waals surface area contributed by atoms with Gasteiger partial charge in [-0.25, -0.2) is 9.97 Å². The Morgan fingerprint density at radius 1 is 1.18 bits per heavy atom. The summed E-state index contributed by atoms with van der Waals surface area (Å²) in [7, 11) is 0. The van der Waals surface area contributed by atoms with Crippen molar-refractivity contribution in [2.75, 3.05) is 11.9 Å². The van der Waals surface area contributed by atoms with Crippen molar-refractivity contribution in [3.05, 3.63) is 42.2 Å². The Morgan fingerprint density at radius 2 is 2.09 bits per heavy atom. The van der Waals surface area contributed by atoms with Crippen molar-refractivity contribution in [3.63, 3.8) is 0 Å². The quantitative estimate of drug-likeness (QED) is 0.609. The Hall–Kier alpha value is -2.89. The number of nitrogens with one attached hydrogen (secondary N) is 2. The number of H-pyrrole nitrogens is 1. The highest BCUT2D eigenvalue weighted by atomic mass is 15.2. The molecule has 0 fully saturated rings. The van der Waals surface area contributed by atoms with Crippen molar-refractivity contribution in [2.45, 2.75) is 13.8 Å². The number of aromatic nitrogens is 5. The first-order valence-corrected chi connectivity index (χ1v) is 7.30. The molecule has 3 aromatic heterocycles. The van der Waals surface area contributed by atoms with Crippen LogP contribution in [0.25, 0.3) is 27.8 Å². The summed E-state index contributed by atoms with van der Waals surface area (Å²) in [6.45, 7) is 4.85. The number of benzene rings is 1. The van der Waals surface area contributed by atoms with Gasteiger partial charge in [0.15, 0.2) is 5.65 Å². The van der Waals surface area contributed by atoms with Crippen molar-refractivity contribution in [1.29, 1.82) is 0 Å². The van der Waals surface area contributed by atoms with Gasteiger partial charge in [-0.2, -0.15) is 5.10 Å². The minimum absolute atomic E-state index is 0.802. The fraction of sp³-hybridized carbons (Fsp3) is 0.188. The second-order valence-electron chi connectivity index (χ2n) is 5.24. The van der Waals surface area contributed by atoms with Crippen LogP contribution in [-0.2, 0) is 0 Å². The lowest BCUT2D eigenvalue weighted by molar-refractivity contribution is 1.03. The summed E-state index contributed by atoms with van der Waals surface area (Å²) in [5.41, 5.74) is 4.75. The van der Waals surface area contributed by atoms with Gasteiger partial charge >= 0.3 is 0 Å². The van der Waals surface area contributed by atoms with Gasteiger partial charge in [0.25, 0.3) is 0 Å². The van der Waals surface area contributed by atoms with Crippen LogP contribution < -0.4 is 5.32 Å². The van der Waals surface area contributed by atoms with E-state index in [0.29, 0.717) is 0 Å². The molecule has 0 bridgehead atoms. The summed E-state index contributed by atoms with van der Waals surface area (Å²) in [5.74, 6) is 0.804. The number of rotatable bonds is 3. The lowest BCUT2D eigenvalue weighted by Crippen LogP contribution is -2.06. The minimum Gasteiger partial charge on any atom is -0.356 e. The summed E-state index contributed by atoms with van der Waals surface area (Å²) < 4.78 is 2.05. The average molecular weight is 292 g/mol. The van der Waals surface area contributed by atoms with Gasteiger partial charge in [-0.15, -0.1) is 0 Å². The van der Waals surface area contributed by atoms with Crippen LogP contribution in [0, 0.1) is 6.92 Å². The molecule has 3 heterocycles. The summed E-state index contributed by atoms with van der Waals surface area (Å²) in [6.07, 6.45) is 1.82. The maximum Gasteiger partial charge on any atom is 0.209 e. The van der Waals surface area contributed by atoms with Gasteiger partial charge in [0.2, 0.25) is 5.95 Å². The van der Waals surface area contributed by atoms with Gasteiger partial charge in [-0.3, -0.25) is 9.67 Å². The standard InChI is InChI=1S/C16H16N6/c1-3-17-16-20-14-6-4-10(2)19-15(14)22(16)12-5-7-13-11(8-12)9-18-21-13/h4-9H,3H2,1-2H3,(H,17,20)(H,18,21). The van der Waals surface area contributed by atoms with Crippen molar-refractivity contribution >= 4 is 28.0 Å². The Kier molecular flexibility index (Phi) is 2.82. The molecule has 0 aliphatic carbocycles. The van der Waals surface area contributed by atoms with E-state index in [1.807, 2.05) is 37.4 Å². The van der Waals surface area contributed by atoms with Gasteiger partial charge in [0.05, 0.1) is 17.4 Å². The van der Waals surface area contributed by atoms with Crippen LogP contribution >= 0.6 is 0 Å². The van der Waals surface area contributed by atoms with Crippen molar-refractivity contribution in [3.8, 4) is 5.69 Å². The minimum atomic E-state index is 0.802. The highest BCUT2D eigenvalue weighted by Gasteiger charge is 2.14. The van der Waals surface area contributed by atoms with Gasteiger partial charge in [-0.1, -0.05) is 0 Å². The third-order valence-corrected chi connectivity index (χ3v) is 3.66. The molecular weight excluding hydrogens is 276 g/mol. The molecule has 4 aromatic rings. The molecule has 0 saturated heterocycles. The van der Waals surface area contributed by atoms with Crippen LogP contribution in [0.4, 0.5) is 5.95 Å². The van der Waals surface area contributed by atoms with E-state index in [0.717, 1.165) is 45.9 Å². The van der Waals surface area contributed by atoms with E-state index in [1.54, 1.807) is 0 Å². The molecule has 4 rings (SSSR count). The van der Waals surface area contributed by atoms with E-state index < -0.39 is 0 Å². The van der Waals surface area contributed by atoms with Gasteiger partial charge in [0.1, 0.15) is 5.52 Å². The monoisotopic (exact) mass is 292 g/mol. The van der Waals surface area contributed by atoms with Gasteiger partial charge < -0.3 is 5.32 Å². The molecule has 1 aromatic carbocycles. The second-order valence-corrected chi connectivity index (χ2v) is 5.24. The molecule has 6 nitrogen and oxygen atoms in total.